The number of hydrogen-bond acceptors (Lipinski definition) is 25. The van der Waals surface area contributed by atoms with Crippen molar-refractivity contribution in [3.05, 3.63) is 0 Å². The summed E-state index contributed by atoms with van der Waals surface area (Å²) in [4.78, 5) is 87.8. The lowest BCUT2D eigenvalue weighted by atomic mass is 9.90. The fourth-order valence-electron chi connectivity index (χ4n) is 7.04. The molecule has 0 aliphatic carbocycles. The first-order valence-corrected chi connectivity index (χ1v) is 20.1. The topological polar surface area (TPSA) is 413 Å². The fourth-order valence-corrected chi connectivity index (χ4v) is 7.20. The molecule has 0 saturated carbocycles. The van der Waals surface area contributed by atoms with E-state index in [1.165, 1.54) is 0 Å². The normalized spacial score (nSPS) is 35.4. The summed E-state index contributed by atoms with van der Waals surface area (Å²) in [6.07, 6.45) is -22.5. The van der Waals surface area contributed by atoms with Crippen molar-refractivity contribution in [1.29, 1.82) is 0 Å². The Morgan fingerprint density at radius 1 is 0.694 bits per heavy atom. The molecule has 16 atom stereocenters. The molecule has 354 valence electrons. The minimum atomic E-state index is -2.98. The maximum atomic E-state index is 12.3. The number of aliphatic hydroxyl groups excluding tert-OH is 7. The van der Waals surface area contributed by atoms with Gasteiger partial charge in [0.2, 0.25) is 17.7 Å². The molecule has 3 amide bonds. The van der Waals surface area contributed by atoms with Crippen LogP contribution in [0.3, 0.4) is 0 Å². The zero-order valence-corrected chi connectivity index (χ0v) is 35.3. The van der Waals surface area contributed by atoms with Crippen molar-refractivity contribution in [2.24, 2.45) is 0 Å². The minimum Gasteiger partial charge on any atom is -0.410 e. The Bertz CT molecular complexity index is 1550. The second-order valence-electron chi connectivity index (χ2n) is 14.2. The maximum Gasteiger partial charge on any atom is 0.334 e. The van der Waals surface area contributed by atoms with E-state index in [4.69, 9.17) is 38.0 Å². The molecule has 3 rings (SSSR count). The van der Waals surface area contributed by atoms with E-state index in [0.29, 0.717) is 0 Å². The molecule has 28 nitrogen and oxygen atoms in total. The van der Waals surface area contributed by atoms with Gasteiger partial charge >= 0.3 is 23.9 Å². The van der Waals surface area contributed by atoms with E-state index in [0.717, 1.165) is 20.8 Å². The van der Waals surface area contributed by atoms with Crippen molar-refractivity contribution in [2.75, 3.05) is 24.2 Å². The van der Waals surface area contributed by atoms with Gasteiger partial charge in [0.15, 0.2) is 0 Å². The second kappa shape index (κ2) is 23.4. The fraction of sp³-hybridized carbons (Fsp3) is 0.788. The van der Waals surface area contributed by atoms with Crippen LogP contribution in [0.15, 0.2) is 0 Å². The number of rotatable bonds is 23. The van der Waals surface area contributed by atoms with Gasteiger partial charge in [-0.2, -0.15) is 5.48 Å². The lowest BCUT2D eigenvalue weighted by Gasteiger charge is -2.50. The van der Waals surface area contributed by atoms with Crippen LogP contribution in [0.1, 0.15) is 40.0 Å². The molecule has 3 aliphatic heterocycles. The summed E-state index contributed by atoms with van der Waals surface area (Å²) in [6, 6.07) is -4.59. The van der Waals surface area contributed by atoms with Gasteiger partial charge in [-0.3, -0.25) is 28.8 Å². The Morgan fingerprint density at radius 2 is 1.11 bits per heavy atom. The van der Waals surface area contributed by atoms with Gasteiger partial charge in [-0.15, -0.1) is 0 Å². The number of carbonyl (C=O) groups is 7. The van der Waals surface area contributed by atoms with Gasteiger partial charge in [-0.1, -0.05) is 22.6 Å². The molecule has 0 spiro atoms. The van der Waals surface area contributed by atoms with Crippen LogP contribution in [-0.2, 0) is 76.3 Å². The first kappa shape index (κ1) is 52.8. The predicted octanol–water partition coefficient (Wildman–Crippen LogP) is -7.62. The first-order valence-electron chi connectivity index (χ1n) is 18.5. The third kappa shape index (κ3) is 13.7. The Morgan fingerprint density at radius 3 is 1.55 bits per heavy atom. The van der Waals surface area contributed by atoms with Crippen LogP contribution in [0.25, 0.3) is 0 Å². The Hall–Kier alpha value is -3.54. The quantitative estimate of drug-likeness (QED) is 0.0113. The number of ether oxygens (including phenoxy) is 8. The van der Waals surface area contributed by atoms with Crippen LogP contribution in [0.5, 0.6) is 0 Å². The molecule has 0 aromatic rings. The highest BCUT2D eigenvalue weighted by molar-refractivity contribution is 14.1. The van der Waals surface area contributed by atoms with Gasteiger partial charge < -0.3 is 99.5 Å². The zero-order chi connectivity index (χ0) is 46.6. The Labute approximate surface area is 364 Å². The van der Waals surface area contributed by atoms with Gasteiger partial charge in [-0.25, -0.2) is 4.79 Å². The van der Waals surface area contributed by atoms with Crippen molar-refractivity contribution < 1.29 is 117 Å². The molecule has 3 saturated heterocycles. The summed E-state index contributed by atoms with van der Waals surface area (Å²) in [6.45, 7) is -0.596. The lowest BCUT2D eigenvalue weighted by Crippen LogP contribution is -2.70. The molecular weight excluding hydrogens is 963 g/mol. The summed E-state index contributed by atoms with van der Waals surface area (Å²) in [5.41, 5.74) is 2.28. The standard InChI is InChI=1S/C33H51IN4O24/c1-14(44)36-24-18(48)5-32(55-12-42,57-20(24)8-35-62-23(50)7-34)58-22(10-40)28(52)30-26(38-16(3)46)19(49)6-33(61-30,56-13-43)59-21(9-39)27(51)29-25(37-15(2)45)17(47)4-31(53,60-29)54-11-41/h11-13,17-22,24-30,35,39-40,47-49,51-53H,4-10H2,1-3H3,(H,36,44)(H,37,45)(H,38,46). The number of halogens is 1. The summed E-state index contributed by atoms with van der Waals surface area (Å²) in [7, 11) is 0. The smallest absolute Gasteiger partial charge is 0.334 e. The van der Waals surface area contributed by atoms with E-state index in [1.54, 1.807) is 22.6 Å². The van der Waals surface area contributed by atoms with E-state index in [9.17, 15) is 74.4 Å². The molecule has 16 unspecified atom stereocenters. The number of hydrogen-bond donors (Lipinski definition) is 12. The van der Waals surface area contributed by atoms with Gasteiger partial charge in [0, 0.05) is 20.8 Å². The number of amides is 3. The third-order valence-corrected chi connectivity index (χ3v) is 10.2. The van der Waals surface area contributed by atoms with Crippen molar-refractivity contribution >= 4 is 65.7 Å². The van der Waals surface area contributed by atoms with Crippen LogP contribution in [0.4, 0.5) is 0 Å². The largest absolute Gasteiger partial charge is 0.410 e. The molecule has 29 heteroatoms. The Kier molecular flexibility index (Phi) is 19.9. The van der Waals surface area contributed by atoms with Crippen molar-refractivity contribution in [2.45, 2.75) is 137 Å². The molecule has 12 N–H and O–H groups in total. The molecule has 62 heavy (non-hydrogen) atoms. The number of alkyl halides is 1. The minimum absolute atomic E-state index is 0.0886. The number of aliphatic hydroxyl groups is 8. The summed E-state index contributed by atoms with van der Waals surface area (Å²) in [5.74, 6) is -11.6. The van der Waals surface area contributed by atoms with E-state index in [1.807, 2.05) is 0 Å². The molecule has 0 radical (unpaired) electrons. The van der Waals surface area contributed by atoms with Crippen LogP contribution in [0, 0.1) is 0 Å². The molecule has 3 fully saturated rings. The lowest BCUT2D eigenvalue weighted by molar-refractivity contribution is -0.442. The van der Waals surface area contributed by atoms with E-state index in [2.05, 4.69) is 26.2 Å². The van der Waals surface area contributed by atoms with Crippen molar-refractivity contribution in [3.63, 3.8) is 0 Å². The van der Waals surface area contributed by atoms with Crippen molar-refractivity contribution in [3.8, 4) is 0 Å². The molecule has 0 aromatic carbocycles. The second-order valence-corrected chi connectivity index (χ2v) is 14.9. The monoisotopic (exact) mass is 1010 g/mol. The molecular formula is C33H51IN4O24. The number of hydroxylamine groups is 1. The van der Waals surface area contributed by atoms with Gasteiger partial charge in [-0.05, 0) is 0 Å². The van der Waals surface area contributed by atoms with Crippen LogP contribution < -0.4 is 21.4 Å². The van der Waals surface area contributed by atoms with Gasteiger partial charge in [0.05, 0.1) is 79.9 Å². The molecule has 0 bridgehead atoms. The molecule has 0 aromatic heterocycles. The maximum absolute atomic E-state index is 12.3. The first-order chi connectivity index (χ1) is 29.1. The number of carbonyl (C=O) groups excluding carboxylic acids is 7. The van der Waals surface area contributed by atoms with Crippen LogP contribution in [-0.4, -0.2) is 205 Å². The average molecular weight is 1010 g/mol. The van der Waals surface area contributed by atoms with Crippen molar-refractivity contribution in [1.82, 2.24) is 21.4 Å². The molecule has 3 heterocycles. The van der Waals surface area contributed by atoms with Crippen LogP contribution >= 0.6 is 22.6 Å². The van der Waals surface area contributed by atoms with Gasteiger partial charge in [0.1, 0.15) is 42.7 Å². The SMILES string of the molecule is CC(=O)NC1C(O)CC(OC=O)(OC(CO)C(O)C2OC(OC=O)(OC(CO)C(O)C3OC(O)(OC=O)CC(O)C3NC(C)=O)CC(O)C2NC(C)=O)OC1CNOC(=O)CI. The van der Waals surface area contributed by atoms with E-state index >= 15 is 0 Å². The van der Waals surface area contributed by atoms with E-state index < -0.39 is 160 Å². The highest BCUT2D eigenvalue weighted by Crippen LogP contribution is 2.39. The predicted molar refractivity (Wildman–Crippen MR) is 200 cm³/mol. The van der Waals surface area contributed by atoms with Crippen LogP contribution in [0.2, 0.25) is 0 Å². The third-order valence-electron chi connectivity index (χ3n) is 9.54. The van der Waals surface area contributed by atoms with E-state index in [-0.39, 0.29) is 23.8 Å². The summed E-state index contributed by atoms with van der Waals surface area (Å²) in [5, 5.41) is 95.2. The Balaban J connectivity index is 2.03. The summed E-state index contributed by atoms with van der Waals surface area (Å²) >= 11 is 1.71. The average Bonchev–Trinajstić information content (AvgIpc) is 3.18. The highest BCUT2D eigenvalue weighted by atomic mass is 127. The molecule has 3 aliphatic rings. The zero-order valence-electron chi connectivity index (χ0n) is 33.2. The van der Waals surface area contributed by atoms with Gasteiger partial charge in [0.25, 0.3) is 19.4 Å². The highest BCUT2D eigenvalue weighted by Gasteiger charge is 2.59. The summed E-state index contributed by atoms with van der Waals surface area (Å²) < 4.78 is 43.2. The number of nitrogens with one attached hydrogen (secondary N) is 4.